The number of rotatable bonds is 8. The van der Waals surface area contributed by atoms with Crippen LogP contribution in [0.1, 0.15) is 131 Å². The second kappa shape index (κ2) is 11.4. The Morgan fingerprint density at radius 2 is 0.900 bits per heavy atom. The van der Waals surface area contributed by atoms with Crippen LogP contribution in [0.15, 0.2) is 17.0 Å². The molecule has 0 saturated heterocycles. The summed E-state index contributed by atoms with van der Waals surface area (Å²) < 4.78 is 145. The van der Waals surface area contributed by atoms with Crippen molar-refractivity contribution in [3.05, 3.63) is 28.8 Å². The van der Waals surface area contributed by atoms with E-state index in [4.69, 9.17) is 4.55 Å². The molecule has 4 rings (SSSR count). The molecule has 0 bridgehead atoms. The first-order valence-corrected chi connectivity index (χ1v) is 17.0. The third kappa shape index (κ3) is 5.43. The molecule has 1 aromatic carbocycles. The standard InChI is InChI=1S/C27H36F6O5S2/c28-25(29,27(32,33)40(36,37)38)26(30,31)39(34,35)24-17-22(19-12-6-2-7-13-19)21(18-10-4-1-5-11-18)16-23(24)20-14-8-3-9-15-20/h16-20H,1-15H2,(H,36,37,38). The first-order valence-electron chi connectivity index (χ1n) is 14.1. The lowest BCUT2D eigenvalue weighted by atomic mass is 9.74. The number of sulfone groups is 1. The van der Waals surface area contributed by atoms with E-state index in [1.165, 1.54) is 0 Å². The maximum absolute atomic E-state index is 15.3. The highest BCUT2D eigenvalue weighted by Gasteiger charge is 2.82. The Morgan fingerprint density at radius 3 is 1.27 bits per heavy atom. The van der Waals surface area contributed by atoms with Gasteiger partial charge in [-0.1, -0.05) is 63.9 Å². The van der Waals surface area contributed by atoms with Crippen molar-refractivity contribution in [2.75, 3.05) is 0 Å². The molecule has 3 fully saturated rings. The maximum atomic E-state index is 15.3. The molecule has 0 radical (unpaired) electrons. The van der Waals surface area contributed by atoms with Gasteiger partial charge in [-0.05, 0) is 79.0 Å². The number of benzene rings is 1. The van der Waals surface area contributed by atoms with Gasteiger partial charge in [0.05, 0.1) is 4.90 Å². The van der Waals surface area contributed by atoms with E-state index in [1.807, 2.05) is 0 Å². The molecule has 3 saturated carbocycles. The fourth-order valence-electron chi connectivity index (χ4n) is 6.77. The number of halogens is 6. The smallest absolute Gasteiger partial charge is 0.281 e. The van der Waals surface area contributed by atoms with Crippen LogP contribution in [-0.4, -0.2) is 37.8 Å². The normalized spacial score (nSPS) is 22.0. The summed E-state index contributed by atoms with van der Waals surface area (Å²) in [5.74, 6) is -7.68. The molecule has 40 heavy (non-hydrogen) atoms. The lowest BCUT2D eigenvalue weighted by Gasteiger charge is -2.35. The van der Waals surface area contributed by atoms with E-state index in [9.17, 15) is 34.4 Å². The van der Waals surface area contributed by atoms with Gasteiger partial charge in [0.1, 0.15) is 0 Å². The summed E-state index contributed by atoms with van der Waals surface area (Å²) in [4.78, 5) is -1.14. The zero-order valence-electron chi connectivity index (χ0n) is 22.2. The summed E-state index contributed by atoms with van der Waals surface area (Å²) in [5, 5.41) is -13.3. The van der Waals surface area contributed by atoms with Crippen molar-refractivity contribution in [3.63, 3.8) is 0 Å². The Hall–Kier alpha value is -1.34. The average molecular weight is 619 g/mol. The predicted octanol–water partition coefficient (Wildman–Crippen LogP) is 8.31. The molecular formula is C27H36F6O5S2. The van der Waals surface area contributed by atoms with E-state index in [-0.39, 0.29) is 17.4 Å². The van der Waals surface area contributed by atoms with E-state index in [0.717, 1.165) is 69.4 Å². The fraction of sp³-hybridized carbons (Fsp3) is 0.778. The van der Waals surface area contributed by atoms with E-state index in [2.05, 4.69) is 0 Å². The van der Waals surface area contributed by atoms with Gasteiger partial charge in [-0.2, -0.15) is 34.8 Å². The zero-order chi connectivity index (χ0) is 29.6. The summed E-state index contributed by atoms with van der Waals surface area (Å²) in [7, 11) is -13.7. The van der Waals surface area contributed by atoms with Crippen molar-refractivity contribution in [3.8, 4) is 0 Å². The minimum atomic E-state index is -7.09. The topological polar surface area (TPSA) is 88.5 Å². The van der Waals surface area contributed by atoms with Gasteiger partial charge in [-0.15, -0.1) is 0 Å². The Morgan fingerprint density at radius 1 is 0.550 bits per heavy atom. The molecule has 3 aliphatic rings. The van der Waals surface area contributed by atoms with Crippen molar-refractivity contribution in [2.24, 2.45) is 0 Å². The van der Waals surface area contributed by atoms with Gasteiger partial charge in [0.15, 0.2) is 0 Å². The Kier molecular flexibility index (Phi) is 9.00. The predicted molar refractivity (Wildman–Crippen MR) is 137 cm³/mol. The summed E-state index contributed by atoms with van der Waals surface area (Å²) in [6, 6.07) is 2.56. The average Bonchev–Trinajstić information content (AvgIpc) is 2.93. The molecule has 0 aliphatic heterocycles. The Labute approximate surface area is 231 Å². The minimum Gasteiger partial charge on any atom is -0.281 e. The third-order valence-electron chi connectivity index (χ3n) is 9.03. The minimum absolute atomic E-state index is 0.0376. The molecule has 0 atom stereocenters. The number of hydrogen-bond donors (Lipinski definition) is 1. The van der Waals surface area contributed by atoms with Gasteiger partial charge >= 0.3 is 26.5 Å². The van der Waals surface area contributed by atoms with Gasteiger partial charge in [0.25, 0.3) is 9.84 Å². The number of alkyl halides is 6. The van der Waals surface area contributed by atoms with Crippen LogP contribution < -0.4 is 0 Å². The molecule has 0 spiro atoms. The monoisotopic (exact) mass is 618 g/mol. The molecule has 0 aromatic heterocycles. The molecule has 13 heteroatoms. The number of hydrogen-bond acceptors (Lipinski definition) is 4. The van der Waals surface area contributed by atoms with Crippen LogP contribution in [0.5, 0.6) is 0 Å². The molecule has 3 aliphatic carbocycles. The summed E-state index contributed by atoms with van der Waals surface area (Å²) in [6.45, 7) is 0. The lowest BCUT2D eigenvalue weighted by Crippen LogP contribution is -2.60. The second-order valence-corrected chi connectivity index (χ2v) is 15.0. The molecule has 1 N–H and O–H groups in total. The molecule has 228 valence electrons. The van der Waals surface area contributed by atoms with E-state index >= 15 is 8.78 Å². The Balaban J connectivity index is 1.96. The maximum Gasteiger partial charge on any atom is 0.439 e. The molecule has 0 unspecified atom stereocenters. The van der Waals surface area contributed by atoms with Gasteiger partial charge in [0.2, 0.25) is 0 Å². The van der Waals surface area contributed by atoms with Gasteiger partial charge < -0.3 is 0 Å². The fourth-order valence-corrected chi connectivity index (χ4v) is 8.84. The van der Waals surface area contributed by atoms with Crippen LogP contribution in [0.4, 0.5) is 26.3 Å². The van der Waals surface area contributed by atoms with Crippen molar-refractivity contribution >= 4 is 20.0 Å². The lowest BCUT2D eigenvalue weighted by molar-refractivity contribution is -0.245. The molecule has 5 nitrogen and oxygen atoms in total. The van der Waals surface area contributed by atoms with E-state index in [0.29, 0.717) is 44.1 Å². The first-order chi connectivity index (χ1) is 18.5. The summed E-state index contributed by atoms with van der Waals surface area (Å²) in [6.07, 6.45) is 11.3. The quantitative estimate of drug-likeness (QED) is 0.234. The SMILES string of the molecule is O=S(=O)(O)C(F)(F)C(F)(F)C(F)(F)S(=O)(=O)c1cc(C2CCCCC2)c(C2CCCCC2)cc1C1CCCCC1. The van der Waals surface area contributed by atoms with Crippen LogP contribution in [-0.2, 0) is 20.0 Å². The van der Waals surface area contributed by atoms with Crippen LogP contribution in [0.3, 0.4) is 0 Å². The van der Waals surface area contributed by atoms with Crippen LogP contribution in [0.25, 0.3) is 0 Å². The van der Waals surface area contributed by atoms with Crippen molar-refractivity contribution in [1.82, 2.24) is 0 Å². The van der Waals surface area contributed by atoms with Crippen molar-refractivity contribution in [1.29, 1.82) is 0 Å². The largest absolute Gasteiger partial charge is 0.439 e. The van der Waals surface area contributed by atoms with Crippen LogP contribution in [0.2, 0.25) is 0 Å². The summed E-state index contributed by atoms with van der Waals surface area (Å²) in [5.41, 5.74) is 1.21. The van der Waals surface area contributed by atoms with Gasteiger partial charge in [-0.25, -0.2) is 8.42 Å². The van der Waals surface area contributed by atoms with Crippen molar-refractivity contribution < 1.29 is 47.7 Å². The first kappa shape index (κ1) is 31.6. The highest BCUT2D eigenvalue weighted by molar-refractivity contribution is 7.92. The van der Waals surface area contributed by atoms with E-state index < -0.39 is 47.2 Å². The van der Waals surface area contributed by atoms with Crippen LogP contribution >= 0.6 is 0 Å². The third-order valence-corrected chi connectivity index (χ3v) is 11.8. The molecule has 0 amide bonds. The van der Waals surface area contributed by atoms with Gasteiger partial charge in [0, 0.05) is 0 Å². The Bertz CT molecular complexity index is 1280. The zero-order valence-corrected chi connectivity index (χ0v) is 23.8. The van der Waals surface area contributed by atoms with E-state index in [1.54, 1.807) is 6.07 Å². The van der Waals surface area contributed by atoms with Gasteiger partial charge in [-0.3, -0.25) is 4.55 Å². The molecule has 1 aromatic rings. The highest BCUT2D eigenvalue weighted by atomic mass is 32.2. The highest BCUT2D eigenvalue weighted by Crippen LogP contribution is 2.54. The summed E-state index contributed by atoms with van der Waals surface area (Å²) >= 11 is 0. The molecule has 0 heterocycles. The second-order valence-electron chi connectivity index (χ2n) is 11.6. The molecular weight excluding hydrogens is 582 g/mol. The van der Waals surface area contributed by atoms with Crippen LogP contribution in [0, 0.1) is 0 Å². The van der Waals surface area contributed by atoms with Crippen molar-refractivity contribution in [2.45, 2.75) is 135 Å².